The van der Waals surface area contributed by atoms with Crippen molar-refractivity contribution in [2.24, 2.45) is 5.92 Å². The molecule has 1 aliphatic rings. The largest absolute Gasteiger partial charge is 0.344 e. The number of carbonyl (C=O) groups excluding carboxylic acids is 1. The minimum Gasteiger partial charge on any atom is -0.344 e. The second-order valence-corrected chi connectivity index (χ2v) is 8.62. The summed E-state index contributed by atoms with van der Waals surface area (Å²) in [4.78, 5) is 21.7. The molecular weight excluding hydrogens is 396 g/mol. The molecule has 2 aromatic heterocycles. The van der Waals surface area contributed by atoms with Crippen molar-refractivity contribution in [2.75, 3.05) is 0 Å². The van der Waals surface area contributed by atoms with E-state index in [1.54, 1.807) is 0 Å². The maximum Gasteiger partial charge on any atom is 0.249 e. The van der Waals surface area contributed by atoms with Gasteiger partial charge in [0.25, 0.3) is 0 Å². The van der Waals surface area contributed by atoms with Gasteiger partial charge >= 0.3 is 0 Å². The number of carbonyl (C=O) groups is 1. The molecule has 3 aromatic rings. The van der Waals surface area contributed by atoms with Gasteiger partial charge in [-0.15, -0.1) is 11.3 Å². The van der Waals surface area contributed by atoms with Crippen LogP contribution in [0.4, 0.5) is 0 Å². The monoisotopic (exact) mass is 416 g/mol. The zero-order valence-electron chi connectivity index (χ0n) is 15.7. The first-order valence-corrected chi connectivity index (χ1v) is 10.6. The molecule has 1 aromatic carbocycles. The van der Waals surface area contributed by atoms with E-state index < -0.39 is 0 Å². The zero-order chi connectivity index (χ0) is 19.7. The molecule has 0 spiro atoms. The first kappa shape index (κ1) is 19.1. The van der Waals surface area contributed by atoms with Gasteiger partial charge in [0.05, 0.1) is 17.1 Å². The highest BCUT2D eigenvalue weighted by molar-refractivity contribution is 7.13. The standard InChI is InChI=1S/C20H21ClN4O2S/c1-11(2)17(19-24-18(25-27-19)12-7-8-12)23-16(26)9-13-10-28-20(22-13)14-5-3-4-6-15(14)21/h3-6,10-12,17H,7-9H2,1-2H3,(H,23,26). The molecule has 1 atom stereocenters. The maximum absolute atomic E-state index is 12.6. The van der Waals surface area contributed by atoms with E-state index in [-0.39, 0.29) is 24.3 Å². The van der Waals surface area contributed by atoms with Crippen LogP contribution in [-0.4, -0.2) is 21.0 Å². The number of nitrogens with zero attached hydrogens (tertiary/aromatic N) is 3. The third kappa shape index (κ3) is 4.25. The van der Waals surface area contributed by atoms with Gasteiger partial charge in [-0.2, -0.15) is 4.98 Å². The van der Waals surface area contributed by atoms with Crippen molar-refractivity contribution in [2.45, 2.75) is 45.1 Å². The number of benzene rings is 1. The van der Waals surface area contributed by atoms with Crippen LogP contribution in [0.1, 0.15) is 56.1 Å². The van der Waals surface area contributed by atoms with E-state index in [1.165, 1.54) is 11.3 Å². The van der Waals surface area contributed by atoms with Crippen LogP contribution in [0.2, 0.25) is 5.02 Å². The van der Waals surface area contributed by atoms with E-state index in [9.17, 15) is 4.79 Å². The first-order chi connectivity index (χ1) is 13.5. The van der Waals surface area contributed by atoms with Gasteiger partial charge in [-0.25, -0.2) is 4.98 Å². The molecule has 1 unspecified atom stereocenters. The van der Waals surface area contributed by atoms with Crippen LogP contribution in [0.5, 0.6) is 0 Å². The predicted molar refractivity (Wildman–Crippen MR) is 108 cm³/mol. The molecule has 2 heterocycles. The highest BCUT2D eigenvalue weighted by Crippen LogP contribution is 2.38. The topological polar surface area (TPSA) is 80.9 Å². The van der Waals surface area contributed by atoms with E-state index >= 15 is 0 Å². The lowest BCUT2D eigenvalue weighted by Gasteiger charge is -2.18. The fraction of sp³-hybridized carbons (Fsp3) is 0.400. The Labute approximate surface area is 172 Å². The van der Waals surface area contributed by atoms with Crippen molar-refractivity contribution in [1.82, 2.24) is 20.4 Å². The number of hydrogen-bond acceptors (Lipinski definition) is 6. The molecule has 1 amide bonds. The molecule has 0 aliphatic heterocycles. The summed E-state index contributed by atoms with van der Waals surface area (Å²) in [5.74, 6) is 1.64. The number of halogens is 1. The van der Waals surface area contributed by atoms with Gasteiger partial charge in [-0.3, -0.25) is 4.79 Å². The summed E-state index contributed by atoms with van der Waals surface area (Å²) in [5, 5.41) is 10.4. The molecule has 4 rings (SSSR count). The van der Waals surface area contributed by atoms with Crippen molar-refractivity contribution in [3.63, 3.8) is 0 Å². The summed E-state index contributed by atoms with van der Waals surface area (Å²) in [5.41, 5.74) is 1.59. The van der Waals surface area contributed by atoms with E-state index in [4.69, 9.17) is 16.1 Å². The molecule has 28 heavy (non-hydrogen) atoms. The average molecular weight is 417 g/mol. The molecule has 0 bridgehead atoms. The van der Waals surface area contributed by atoms with Crippen LogP contribution in [0.15, 0.2) is 34.2 Å². The van der Waals surface area contributed by atoms with E-state index in [0.717, 1.165) is 29.2 Å². The fourth-order valence-corrected chi connectivity index (χ4v) is 4.07. The van der Waals surface area contributed by atoms with Crippen LogP contribution in [0.25, 0.3) is 10.6 Å². The Kier molecular flexibility index (Phi) is 5.46. The van der Waals surface area contributed by atoms with E-state index in [0.29, 0.717) is 22.5 Å². The Morgan fingerprint density at radius 1 is 1.32 bits per heavy atom. The summed E-state index contributed by atoms with van der Waals surface area (Å²) in [6, 6.07) is 7.24. The molecule has 146 valence electrons. The fourth-order valence-electron chi connectivity index (χ4n) is 2.93. The lowest BCUT2D eigenvalue weighted by Crippen LogP contribution is -2.33. The zero-order valence-corrected chi connectivity index (χ0v) is 17.3. The normalized spacial score (nSPS) is 15.0. The number of aromatic nitrogens is 3. The Balaban J connectivity index is 1.43. The third-order valence-electron chi connectivity index (χ3n) is 4.65. The molecule has 0 radical (unpaired) electrons. The lowest BCUT2D eigenvalue weighted by atomic mass is 10.0. The van der Waals surface area contributed by atoms with Gasteiger partial charge in [-0.05, 0) is 24.8 Å². The first-order valence-electron chi connectivity index (χ1n) is 9.33. The van der Waals surface area contributed by atoms with Crippen molar-refractivity contribution in [3.05, 3.63) is 52.1 Å². The average Bonchev–Trinajstić information content (AvgIpc) is 3.22. The number of amides is 1. The van der Waals surface area contributed by atoms with Gasteiger partial charge in [0.1, 0.15) is 11.0 Å². The third-order valence-corrected chi connectivity index (χ3v) is 5.90. The quantitative estimate of drug-likeness (QED) is 0.599. The second-order valence-electron chi connectivity index (χ2n) is 7.35. The molecule has 1 aliphatic carbocycles. The lowest BCUT2D eigenvalue weighted by molar-refractivity contribution is -0.121. The van der Waals surface area contributed by atoms with Crippen LogP contribution < -0.4 is 5.32 Å². The summed E-state index contributed by atoms with van der Waals surface area (Å²) < 4.78 is 5.41. The maximum atomic E-state index is 12.6. The second kappa shape index (κ2) is 8.01. The van der Waals surface area contributed by atoms with Gasteiger partial charge < -0.3 is 9.84 Å². The Morgan fingerprint density at radius 2 is 2.11 bits per heavy atom. The number of hydrogen-bond donors (Lipinski definition) is 1. The highest BCUT2D eigenvalue weighted by Gasteiger charge is 2.31. The molecule has 6 nitrogen and oxygen atoms in total. The summed E-state index contributed by atoms with van der Waals surface area (Å²) in [6.07, 6.45) is 2.40. The minimum absolute atomic E-state index is 0.124. The van der Waals surface area contributed by atoms with Gasteiger partial charge in [0, 0.05) is 16.9 Å². The van der Waals surface area contributed by atoms with Gasteiger partial charge in [0.15, 0.2) is 5.82 Å². The van der Waals surface area contributed by atoms with E-state index in [2.05, 4.69) is 20.4 Å². The van der Waals surface area contributed by atoms with Crippen LogP contribution in [-0.2, 0) is 11.2 Å². The molecule has 0 saturated heterocycles. The van der Waals surface area contributed by atoms with Gasteiger partial charge in [0.2, 0.25) is 11.8 Å². The Bertz CT molecular complexity index is 980. The van der Waals surface area contributed by atoms with E-state index in [1.807, 2.05) is 43.5 Å². The summed E-state index contributed by atoms with van der Waals surface area (Å²) in [6.45, 7) is 4.04. The molecule has 1 N–H and O–H groups in total. The smallest absolute Gasteiger partial charge is 0.249 e. The molecule has 8 heteroatoms. The summed E-state index contributed by atoms with van der Waals surface area (Å²) >= 11 is 7.72. The molecule has 1 fully saturated rings. The van der Waals surface area contributed by atoms with Crippen molar-refractivity contribution in [1.29, 1.82) is 0 Å². The van der Waals surface area contributed by atoms with Crippen molar-refractivity contribution < 1.29 is 9.32 Å². The van der Waals surface area contributed by atoms with Crippen LogP contribution in [0.3, 0.4) is 0 Å². The highest BCUT2D eigenvalue weighted by atomic mass is 35.5. The van der Waals surface area contributed by atoms with Crippen molar-refractivity contribution >= 4 is 28.8 Å². The predicted octanol–water partition coefficient (Wildman–Crippen LogP) is 4.78. The SMILES string of the molecule is CC(C)C(NC(=O)Cc1csc(-c2ccccc2Cl)n1)c1nc(C2CC2)no1. The summed E-state index contributed by atoms with van der Waals surface area (Å²) in [7, 11) is 0. The number of rotatable bonds is 7. The number of nitrogens with one attached hydrogen (secondary N) is 1. The number of thiazole rings is 1. The van der Waals surface area contributed by atoms with Gasteiger partial charge in [-0.1, -0.05) is 48.8 Å². The molecular formula is C20H21ClN4O2S. The van der Waals surface area contributed by atoms with Crippen LogP contribution >= 0.6 is 22.9 Å². The van der Waals surface area contributed by atoms with Crippen molar-refractivity contribution in [3.8, 4) is 10.6 Å². The minimum atomic E-state index is -0.311. The Morgan fingerprint density at radius 3 is 2.82 bits per heavy atom. The Hall–Kier alpha value is -2.25. The van der Waals surface area contributed by atoms with Crippen LogP contribution in [0, 0.1) is 5.92 Å². The molecule has 1 saturated carbocycles.